The van der Waals surface area contributed by atoms with Gasteiger partial charge < -0.3 is 24.8 Å². The molecule has 1 aromatic carbocycles. The first-order valence-corrected chi connectivity index (χ1v) is 7.52. The van der Waals surface area contributed by atoms with Crippen LogP contribution in [0.5, 0.6) is 11.5 Å². The zero-order chi connectivity index (χ0) is 16.2. The lowest BCUT2D eigenvalue weighted by atomic mass is 10.2. The number of ether oxygens (including phenoxy) is 2. The minimum Gasteiger partial charge on any atom is -0.454 e. The van der Waals surface area contributed by atoms with Crippen molar-refractivity contribution in [3.63, 3.8) is 0 Å². The van der Waals surface area contributed by atoms with Gasteiger partial charge in [0, 0.05) is 38.0 Å². The number of anilines is 1. The van der Waals surface area contributed by atoms with Crippen molar-refractivity contribution in [2.24, 2.45) is 0 Å². The Morgan fingerprint density at radius 2 is 2.09 bits per heavy atom. The highest BCUT2D eigenvalue weighted by atomic mass is 16.7. The van der Waals surface area contributed by atoms with E-state index < -0.39 is 0 Å². The van der Waals surface area contributed by atoms with Gasteiger partial charge in [0.2, 0.25) is 12.7 Å². The smallest absolute Gasteiger partial charge is 0.325 e. The summed E-state index contributed by atoms with van der Waals surface area (Å²) in [6.45, 7) is 1.64. The average molecular weight is 321 g/mol. The molecule has 3 rings (SSSR count). The number of nitrogens with one attached hydrogen (secondary N) is 1. The molecule has 8 heteroatoms. The van der Waals surface area contributed by atoms with Crippen molar-refractivity contribution in [3.05, 3.63) is 18.2 Å². The number of benzene rings is 1. The van der Waals surface area contributed by atoms with Crippen LogP contribution in [0.2, 0.25) is 0 Å². The van der Waals surface area contributed by atoms with Crippen molar-refractivity contribution in [2.45, 2.75) is 6.42 Å². The minimum absolute atomic E-state index is 0.0192. The average Bonchev–Trinajstić information content (AvgIpc) is 3.14. The molecule has 3 amide bonds. The maximum atomic E-state index is 12.4. The molecule has 124 valence electrons. The van der Waals surface area contributed by atoms with Gasteiger partial charge in [-0.25, -0.2) is 4.79 Å². The predicted molar refractivity (Wildman–Crippen MR) is 81.6 cm³/mol. The van der Waals surface area contributed by atoms with Crippen LogP contribution in [0.4, 0.5) is 10.5 Å². The molecule has 0 radical (unpaired) electrons. The third kappa shape index (κ3) is 3.31. The van der Waals surface area contributed by atoms with E-state index in [1.807, 2.05) is 0 Å². The molecule has 0 bridgehead atoms. The van der Waals surface area contributed by atoms with Crippen molar-refractivity contribution in [3.8, 4) is 11.5 Å². The highest BCUT2D eigenvalue weighted by Gasteiger charge is 2.31. The molecule has 8 nitrogen and oxygen atoms in total. The number of carbonyl (C=O) groups is 2. The van der Waals surface area contributed by atoms with E-state index in [1.165, 1.54) is 4.90 Å². The standard InChI is InChI=1S/C15H19N3O5/c19-7-1-4-16-14(20)9-17-5-6-18(15(17)21)11-2-3-12-13(8-11)23-10-22-12/h2-3,8,19H,1,4-7,9-10H2,(H,16,20). The number of hydrogen-bond acceptors (Lipinski definition) is 5. The second kappa shape index (κ2) is 6.74. The molecule has 1 aromatic rings. The van der Waals surface area contributed by atoms with Crippen molar-refractivity contribution in [2.75, 3.05) is 44.5 Å². The van der Waals surface area contributed by atoms with Crippen LogP contribution in [-0.4, -0.2) is 61.5 Å². The predicted octanol–water partition coefficient (Wildman–Crippen LogP) is 0.156. The van der Waals surface area contributed by atoms with Gasteiger partial charge in [-0.05, 0) is 18.6 Å². The molecule has 0 aromatic heterocycles. The van der Waals surface area contributed by atoms with Gasteiger partial charge in [-0.3, -0.25) is 9.69 Å². The largest absolute Gasteiger partial charge is 0.454 e. The van der Waals surface area contributed by atoms with E-state index in [1.54, 1.807) is 23.1 Å². The molecular weight excluding hydrogens is 302 g/mol. The zero-order valence-electron chi connectivity index (χ0n) is 12.7. The Kier molecular flexibility index (Phi) is 4.52. The number of fused-ring (bicyclic) bond motifs is 1. The van der Waals surface area contributed by atoms with Crippen LogP contribution in [0, 0.1) is 0 Å². The molecule has 1 saturated heterocycles. The molecule has 0 unspecified atom stereocenters. The van der Waals surface area contributed by atoms with Crippen LogP contribution in [0.25, 0.3) is 0 Å². The first kappa shape index (κ1) is 15.4. The summed E-state index contributed by atoms with van der Waals surface area (Å²) in [7, 11) is 0. The Labute approximate surface area is 133 Å². The van der Waals surface area contributed by atoms with E-state index in [-0.39, 0.29) is 31.9 Å². The van der Waals surface area contributed by atoms with Crippen LogP contribution >= 0.6 is 0 Å². The zero-order valence-corrected chi connectivity index (χ0v) is 12.7. The molecule has 0 atom stereocenters. The van der Waals surface area contributed by atoms with E-state index in [4.69, 9.17) is 14.6 Å². The maximum absolute atomic E-state index is 12.4. The van der Waals surface area contributed by atoms with Gasteiger partial charge in [-0.15, -0.1) is 0 Å². The summed E-state index contributed by atoms with van der Waals surface area (Å²) >= 11 is 0. The van der Waals surface area contributed by atoms with Gasteiger partial charge in [0.15, 0.2) is 11.5 Å². The number of carbonyl (C=O) groups excluding carboxylic acids is 2. The number of rotatable bonds is 6. The number of hydrogen-bond donors (Lipinski definition) is 2. The molecule has 2 aliphatic rings. The fourth-order valence-electron chi connectivity index (χ4n) is 2.56. The quantitative estimate of drug-likeness (QED) is 0.728. The Hall–Kier alpha value is -2.48. The van der Waals surface area contributed by atoms with E-state index in [9.17, 15) is 9.59 Å². The highest BCUT2D eigenvalue weighted by Crippen LogP contribution is 2.36. The van der Waals surface area contributed by atoms with E-state index in [2.05, 4.69) is 5.32 Å². The second-order valence-corrected chi connectivity index (χ2v) is 5.32. The Bertz CT molecular complexity index is 607. The Morgan fingerprint density at radius 3 is 2.91 bits per heavy atom. The summed E-state index contributed by atoms with van der Waals surface area (Å²) in [5.41, 5.74) is 0.724. The van der Waals surface area contributed by atoms with Gasteiger partial charge in [-0.2, -0.15) is 0 Å². The summed E-state index contributed by atoms with van der Waals surface area (Å²) in [6, 6.07) is 5.14. The van der Waals surface area contributed by atoms with Gasteiger partial charge >= 0.3 is 6.03 Å². The van der Waals surface area contributed by atoms with Gasteiger partial charge in [0.25, 0.3) is 0 Å². The third-order valence-electron chi connectivity index (χ3n) is 3.75. The summed E-state index contributed by atoms with van der Waals surface area (Å²) in [4.78, 5) is 27.3. The van der Waals surface area contributed by atoms with Gasteiger partial charge in [0.05, 0.1) is 0 Å². The number of aliphatic hydroxyl groups is 1. The maximum Gasteiger partial charge on any atom is 0.325 e. The van der Waals surface area contributed by atoms with Crippen LogP contribution in [0.15, 0.2) is 18.2 Å². The molecule has 2 N–H and O–H groups in total. The van der Waals surface area contributed by atoms with Gasteiger partial charge in [-0.1, -0.05) is 0 Å². The van der Waals surface area contributed by atoms with E-state index in [0.29, 0.717) is 37.6 Å². The first-order chi connectivity index (χ1) is 11.2. The lowest BCUT2D eigenvalue weighted by Gasteiger charge is -2.18. The van der Waals surface area contributed by atoms with Crippen LogP contribution in [-0.2, 0) is 4.79 Å². The monoisotopic (exact) mass is 321 g/mol. The number of nitrogens with zero attached hydrogens (tertiary/aromatic N) is 2. The fraction of sp³-hybridized carbons (Fsp3) is 0.467. The number of aliphatic hydroxyl groups excluding tert-OH is 1. The van der Waals surface area contributed by atoms with Crippen molar-refractivity contribution in [1.82, 2.24) is 10.2 Å². The molecule has 1 fully saturated rings. The normalized spacial score (nSPS) is 16.1. The van der Waals surface area contributed by atoms with Crippen molar-refractivity contribution >= 4 is 17.6 Å². The first-order valence-electron chi connectivity index (χ1n) is 7.52. The molecule has 0 aliphatic carbocycles. The molecular formula is C15H19N3O5. The van der Waals surface area contributed by atoms with Crippen LogP contribution in [0.1, 0.15) is 6.42 Å². The highest BCUT2D eigenvalue weighted by molar-refractivity contribution is 5.96. The van der Waals surface area contributed by atoms with E-state index in [0.717, 1.165) is 5.69 Å². The Balaban J connectivity index is 1.59. The van der Waals surface area contributed by atoms with Crippen LogP contribution in [0.3, 0.4) is 0 Å². The lowest BCUT2D eigenvalue weighted by molar-refractivity contribution is -0.121. The number of urea groups is 1. The topological polar surface area (TPSA) is 91.3 Å². The molecule has 2 heterocycles. The summed E-state index contributed by atoms with van der Waals surface area (Å²) in [5, 5.41) is 11.4. The third-order valence-corrected chi connectivity index (χ3v) is 3.75. The second-order valence-electron chi connectivity index (χ2n) is 5.32. The Morgan fingerprint density at radius 1 is 1.26 bits per heavy atom. The molecule has 23 heavy (non-hydrogen) atoms. The summed E-state index contributed by atoms with van der Waals surface area (Å²) in [6.07, 6.45) is 0.503. The summed E-state index contributed by atoms with van der Waals surface area (Å²) in [5.74, 6) is 1.07. The van der Waals surface area contributed by atoms with E-state index >= 15 is 0 Å². The molecule has 0 saturated carbocycles. The minimum atomic E-state index is -0.223. The SMILES string of the molecule is O=C(CN1CCN(c2ccc3c(c2)OCO3)C1=O)NCCCO. The lowest BCUT2D eigenvalue weighted by Crippen LogP contribution is -2.40. The molecule has 2 aliphatic heterocycles. The van der Waals surface area contributed by atoms with Crippen molar-refractivity contribution < 1.29 is 24.2 Å². The van der Waals surface area contributed by atoms with Gasteiger partial charge in [0.1, 0.15) is 6.54 Å². The van der Waals surface area contributed by atoms with Crippen molar-refractivity contribution in [1.29, 1.82) is 0 Å². The fourth-order valence-corrected chi connectivity index (χ4v) is 2.56. The molecule has 0 spiro atoms. The number of amides is 3. The van der Waals surface area contributed by atoms with Crippen LogP contribution < -0.4 is 19.7 Å². The summed E-state index contributed by atoms with van der Waals surface area (Å²) < 4.78 is 10.6.